The Morgan fingerprint density at radius 3 is 2.81 bits per heavy atom. The van der Waals surface area contributed by atoms with Crippen molar-refractivity contribution in [2.24, 2.45) is 0 Å². The van der Waals surface area contributed by atoms with E-state index < -0.39 is 6.04 Å². The fourth-order valence-corrected chi connectivity index (χ4v) is 3.17. The van der Waals surface area contributed by atoms with E-state index in [2.05, 4.69) is 15.5 Å². The highest BCUT2D eigenvalue weighted by atomic mass is 35.5. The van der Waals surface area contributed by atoms with Gasteiger partial charge in [0.25, 0.3) is 11.3 Å². The zero-order valence-electron chi connectivity index (χ0n) is 15.4. The van der Waals surface area contributed by atoms with Crippen LogP contribution >= 0.6 is 11.6 Å². The number of ether oxygens (including phenoxy) is 1. The molecule has 142 valence electrons. The SMILES string of the molecule is CCC(C(=O)Nc1cc(Cl)ccc1OC)n1c(C)nc2onc(C)c2c1=O. The van der Waals surface area contributed by atoms with Crippen LogP contribution in [0.4, 0.5) is 5.69 Å². The number of benzene rings is 1. The molecule has 0 aliphatic heterocycles. The number of carbonyl (C=O) groups is 1. The van der Waals surface area contributed by atoms with E-state index in [1.807, 2.05) is 6.92 Å². The normalized spacial score (nSPS) is 12.2. The lowest BCUT2D eigenvalue weighted by atomic mass is 10.1. The summed E-state index contributed by atoms with van der Waals surface area (Å²) in [7, 11) is 1.50. The number of methoxy groups -OCH3 is 1. The lowest BCUT2D eigenvalue weighted by Gasteiger charge is -2.20. The molecular formula is C18H19ClN4O4. The number of rotatable bonds is 5. The highest BCUT2D eigenvalue weighted by Gasteiger charge is 2.25. The molecule has 0 bridgehead atoms. The fraction of sp³-hybridized carbons (Fsp3) is 0.333. The Balaban J connectivity index is 2.04. The van der Waals surface area contributed by atoms with Crippen molar-refractivity contribution in [2.75, 3.05) is 12.4 Å². The van der Waals surface area contributed by atoms with Gasteiger partial charge in [-0.3, -0.25) is 14.2 Å². The lowest BCUT2D eigenvalue weighted by Crippen LogP contribution is -2.35. The number of anilines is 1. The number of hydrogen-bond donors (Lipinski definition) is 1. The van der Waals surface area contributed by atoms with Crippen LogP contribution in [-0.4, -0.2) is 27.7 Å². The molecule has 0 radical (unpaired) electrons. The molecule has 3 rings (SSSR count). The van der Waals surface area contributed by atoms with Crippen LogP contribution in [0.1, 0.15) is 30.9 Å². The summed E-state index contributed by atoms with van der Waals surface area (Å²) >= 11 is 6.02. The van der Waals surface area contributed by atoms with Gasteiger partial charge in [-0.15, -0.1) is 0 Å². The van der Waals surface area contributed by atoms with Gasteiger partial charge in [0.15, 0.2) is 0 Å². The summed E-state index contributed by atoms with van der Waals surface area (Å²) < 4.78 is 11.7. The van der Waals surface area contributed by atoms with Crippen molar-refractivity contribution in [3.63, 3.8) is 0 Å². The average molecular weight is 391 g/mol. The largest absolute Gasteiger partial charge is 0.495 e. The topological polar surface area (TPSA) is 99.2 Å². The Labute approximate surface area is 160 Å². The van der Waals surface area contributed by atoms with E-state index in [1.54, 1.807) is 32.0 Å². The Morgan fingerprint density at radius 2 is 2.15 bits per heavy atom. The molecular weight excluding hydrogens is 372 g/mol. The number of aryl methyl sites for hydroxylation is 2. The highest BCUT2D eigenvalue weighted by molar-refractivity contribution is 6.31. The summed E-state index contributed by atoms with van der Waals surface area (Å²) in [5, 5.41) is 7.30. The van der Waals surface area contributed by atoms with Gasteiger partial charge in [-0.25, -0.2) is 0 Å². The third-order valence-electron chi connectivity index (χ3n) is 4.31. The predicted molar refractivity (Wildman–Crippen MR) is 101 cm³/mol. The summed E-state index contributed by atoms with van der Waals surface area (Å²) in [6.07, 6.45) is 0.382. The van der Waals surface area contributed by atoms with Crippen LogP contribution in [0.2, 0.25) is 5.02 Å². The number of fused-ring (bicyclic) bond motifs is 1. The number of aromatic nitrogens is 3. The van der Waals surface area contributed by atoms with Crippen LogP contribution in [0.3, 0.4) is 0 Å². The molecule has 0 aliphatic rings. The molecule has 9 heteroatoms. The standard InChI is InChI=1S/C18H19ClN4O4/c1-5-13(16(24)21-12-8-11(19)6-7-14(12)26-4)23-10(3)20-17-15(18(23)25)9(2)22-27-17/h6-8,13H,5H2,1-4H3,(H,21,24). The molecule has 1 amide bonds. The van der Waals surface area contributed by atoms with Crippen LogP contribution in [0.15, 0.2) is 27.5 Å². The van der Waals surface area contributed by atoms with E-state index in [1.165, 1.54) is 11.7 Å². The van der Waals surface area contributed by atoms with Crippen LogP contribution in [0, 0.1) is 13.8 Å². The molecule has 8 nitrogen and oxygen atoms in total. The maximum atomic E-state index is 13.0. The molecule has 1 atom stereocenters. The number of carbonyl (C=O) groups excluding carboxylic acids is 1. The van der Waals surface area contributed by atoms with Gasteiger partial charge in [0.1, 0.15) is 23.0 Å². The molecule has 3 aromatic rings. The summed E-state index contributed by atoms with van der Waals surface area (Å²) in [6, 6.07) is 4.14. The van der Waals surface area contributed by atoms with E-state index in [0.29, 0.717) is 34.4 Å². The third kappa shape index (κ3) is 3.40. The molecule has 0 fully saturated rings. The molecule has 2 heterocycles. The minimum atomic E-state index is -0.771. The second kappa shape index (κ2) is 7.40. The summed E-state index contributed by atoms with van der Waals surface area (Å²) in [5.74, 6) is 0.456. The Hall–Kier alpha value is -2.87. The molecule has 2 aromatic heterocycles. The first kappa shape index (κ1) is 18.9. The van der Waals surface area contributed by atoms with Gasteiger partial charge in [0.05, 0.1) is 18.5 Å². The van der Waals surface area contributed by atoms with Crippen molar-refractivity contribution in [1.29, 1.82) is 0 Å². The minimum Gasteiger partial charge on any atom is -0.495 e. The van der Waals surface area contributed by atoms with Gasteiger partial charge in [0.2, 0.25) is 5.91 Å². The average Bonchev–Trinajstić information content (AvgIpc) is 2.99. The molecule has 0 saturated heterocycles. The monoisotopic (exact) mass is 390 g/mol. The van der Waals surface area contributed by atoms with E-state index in [-0.39, 0.29) is 22.6 Å². The third-order valence-corrected chi connectivity index (χ3v) is 4.54. The number of nitrogens with zero attached hydrogens (tertiary/aromatic N) is 3. The first-order valence-electron chi connectivity index (χ1n) is 8.36. The van der Waals surface area contributed by atoms with Crippen LogP contribution in [-0.2, 0) is 4.79 Å². The second-order valence-corrected chi connectivity index (χ2v) is 6.48. The smallest absolute Gasteiger partial charge is 0.267 e. The molecule has 0 spiro atoms. The summed E-state index contributed by atoms with van der Waals surface area (Å²) in [4.78, 5) is 30.2. The molecule has 27 heavy (non-hydrogen) atoms. The van der Waals surface area contributed by atoms with Gasteiger partial charge in [-0.2, -0.15) is 4.98 Å². The molecule has 1 N–H and O–H groups in total. The maximum Gasteiger partial charge on any atom is 0.267 e. The Kier molecular flexibility index (Phi) is 5.18. The first-order chi connectivity index (χ1) is 12.9. The van der Waals surface area contributed by atoms with Crippen molar-refractivity contribution in [1.82, 2.24) is 14.7 Å². The second-order valence-electron chi connectivity index (χ2n) is 6.04. The van der Waals surface area contributed by atoms with Crippen LogP contribution in [0.5, 0.6) is 5.75 Å². The van der Waals surface area contributed by atoms with E-state index in [9.17, 15) is 9.59 Å². The van der Waals surface area contributed by atoms with Crippen molar-refractivity contribution < 1.29 is 14.1 Å². The zero-order valence-corrected chi connectivity index (χ0v) is 16.1. The van der Waals surface area contributed by atoms with E-state index in [4.69, 9.17) is 20.9 Å². The molecule has 1 aromatic carbocycles. The summed E-state index contributed by atoms with van der Waals surface area (Å²) in [6.45, 7) is 5.12. The molecule has 1 unspecified atom stereocenters. The zero-order chi connectivity index (χ0) is 19.7. The highest BCUT2D eigenvalue weighted by Crippen LogP contribution is 2.29. The molecule has 0 aliphatic carbocycles. The minimum absolute atomic E-state index is 0.165. The molecule has 0 saturated carbocycles. The quantitative estimate of drug-likeness (QED) is 0.717. The summed E-state index contributed by atoms with van der Waals surface area (Å²) in [5.41, 5.74) is 0.659. The fourth-order valence-electron chi connectivity index (χ4n) is 2.99. The Morgan fingerprint density at radius 1 is 1.41 bits per heavy atom. The number of hydrogen-bond acceptors (Lipinski definition) is 6. The van der Waals surface area contributed by atoms with Crippen molar-refractivity contribution >= 4 is 34.3 Å². The van der Waals surface area contributed by atoms with Gasteiger partial charge in [-0.05, 0) is 38.5 Å². The van der Waals surface area contributed by atoms with Crippen LogP contribution < -0.4 is 15.6 Å². The maximum absolute atomic E-state index is 13.0. The lowest BCUT2D eigenvalue weighted by molar-refractivity contribution is -0.119. The van der Waals surface area contributed by atoms with Gasteiger partial charge in [-0.1, -0.05) is 23.7 Å². The number of nitrogens with one attached hydrogen (secondary N) is 1. The van der Waals surface area contributed by atoms with Crippen molar-refractivity contribution in [3.8, 4) is 5.75 Å². The van der Waals surface area contributed by atoms with Crippen molar-refractivity contribution in [2.45, 2.75) is 33.2 Å². The first-order valence-corrected chi connectivity index (χ1v) is 8.74. The van der Waals surface area contributed by atoms with Gasteiger partial charge in [0, 0.05) is 5.02 Å². The van der Waals surface area contributed by atoms with Gasteiger partial charge < -0.3 is 14.6 Å². The van der Waals surface area contributed by atoms with Crippen LogP contribution in [0.25, 0.3) is 11.1 Å². The Bertz CT molecular complexity index is 1070. The predicted octanol–water partition coefficient (Wildman–Crippen LogP) is 3.25. The number of amides is 1. The number of halogens is 1. The van der Waals surface area contributed by atoms with Gasteiger partial charge >= 0.3 is 0 Å². The van der Waals surface area contributed by atoms with E-state index in [0.717, 1.165) is 0 Å². The van der Waals surface area contributed by atoms with E-state index >= 15 is 0 Å². The van der Waals surface area contributed by atoms with Crippen molar-refractivity contribution in [3.05, 3.63) is 45.1 Å².